The Kier molecular flexibility index (Phi) is 4.48. The summed E-state index contributed by atoms with van der Waals surface area (Å²) in [7, 11) is 0. The number of nitrogens with zero attached hydrogens (tertiary/aromatic N) is 1. The van der Waals surface area contributed by atoms with Crippen LogP contribution in [0.1, 0.15) is 0 Å². The molecule has 0 amide bonds. The van der Waals surface area contributed by atoms with Crippen LogP contribution >= 0.6 is 27.5 Å². The van der Waals surface area contributed by atoms with Gasteiger partial charge in [-0.1, -0.05) is 11.6 Å². The third kappa shape index (κ3) is 4.68. The molecule has 0 saturated carbocycles. The fourth-order valence-electron chi connectivity index (χ4n) is 1.42. The highest BCUT2D eigenvalue weighted by atomic mass is 79.9. The number of nitrogens with two attached hydrogens (primary N) is 1. The van der Waals surface area contributed by atoms with Crippen molar-refractivity contribution in [3.05, 3.63) is 40.0 Å². The summed E-state index contributed by atoms with van der Waals surface area (Å²) in [6.07, 6.45) is -4.77. The molecular formula is C12H7BrClF3N2O2. The first-order valence-corrected chi connectivity index (χ1v) is 6.56. The van der Waals surface area contributed by atoms with Crippen LogP contribution in [0, 0.1) is 0 Å². The molecule has 2 N–H and O–H groups in total. The molecule has 0 radical (unpaired) electrons. The van der Waals surface area contributed by atoms with Gasteiger partial charge in [0.2, 0.25) is 5.88 Å². The zero-order chi connectivity index (χ0) is 15.6. The number of aromatic nitrogens is 1. The summed E-state index contributed by atoms with van der Waals surface area (Å²) in [6, 6.07) is 6.58. The van der Waals surface area contributed by atoms with Crippen LogP contribution in [0.15, 0.2) is 34.8 Å². The Morgan fingerprint density at radius 3 is 2.48 bits per heavy atom. The smallest absolute Gasteiger partial charge is 0.439 e. The fraction of sp³-hybridized carbons (Fsp3) is 0.0833. The normalized spacial score (nSPS) is 11.3. The van der Waals surface area contributed by atoms with E-state index in [4.69, 9.17) is 22.1 Å². The van der Waals surface area contributed by atoms with E-state index in [9.17, 15) is 13.2 Å². The van der Waals surface area contributed by atoms with Crippen LogP contribution in [0.5, 0.6) is 17.4 Å². The molecule has 2 rings (SSSR count). The molecule has 0 atom stereocenters. The van der Waals surface area contributed by atoms with Gasteiger partial charge >= 0.3 is 6.36 Å². The maximum Gasteiger partial charge on any atom is 0.573 e. The van der Waals surface area contributed by atoms with E-state index in [-0.39, 0.29) is 27.0 Å². The van der Waals surface area contributed by atoms with Crippen molar-refractivity contribution in [2.45, 2.75) is 6.36 Å². The molecule has 9 heteroatoms. The summed E-state index contributed by atoms with van der Waals surface area (Å²) in [5.41, 5.74) is 5.93. The molecule has 2 aromatic rings. The molecule has 21 heavy (non-hydrogen) atoms. The molecule has 0 aliphatic heterocycles. The topological polar surface area (TPSA) is 57.4 Å². The highest BCUT2D eigenvalue weighted by Gasteiger charge is 2.32. The van der Waals surface area contributed by atoms with E-state index in [1.807, 2.05) is 0 Å². The Labute approximate surface area is 130 Å². The van der Waals surface area contributed by atoms with E-state index in [1.165, 1.54) is 24.3 Å². The second-order valence-electron chi connectivity index (χ2n) is 3.80. The van der Waals surface area contributed by atoms with Crippen molar-refractivity contribution < 1.29 is 22.6 Å². The number of rotatable bonds is 3. The van der Waals surface area contributed by atoms with Crippen molar-refractivity contribution in [2.24, 2.45) is 0 Å². The summed E-state index contributed by atoms with van der Waals surface area (Å²) in [5.74, 6) is -0.0182. The molecule has 0 fully saturated rings. The number of halogens is 5. The molecule has 0 bridgehead atoms. The number of benzene rings is 1. The first-order valence-electron chi connectivity index (χ1n) is 5.39. The SMILES string of the molecule is Nc1cc(Cl)nc(Oc2ccc(OC(F)(F)F)c(Br)c2)c1. The lowest BCUT2D eigenvalue weighted by Crippen LogP contribution is -2.17. The van der Waals surface area contributed by atoms with E-state index in [0.29, 0.717) is 5.69 Å². The number of pyridine rings is 1. The Hall–Kier alpha value is -1.67. The molecule has 0 aliphatic rings. The Morgan fingerprint density at radius 1 is 1.19 bits per heavy atom. The average molecular weight is 384 g/mol. The monoisotopic (exact) mass is 382 g/mol. The van der Waals surface area contributed by atoms with Gasteiger partial charge in [0.05, 0.1) is 4.47 Å². The molecular weight excluding hydrogens is 376 g/mol. The van der Waals surface area contributed by atoms with Crippen LogP contribution in [0.25, 0.3) is 0 Å². The van der Waals surface area contributed by atoms with E-state index < -0.39 is 6.36 Å². The van der Waals surface area contributed by atoms with Crippen molar-refractivity contribution in [2.75, 3.05) is 5.73 Å². The summed E-state index contributed by atoms with van der Waals surface area (Å²) in [6.45, 7) is 0. The van der Waals surface area contributed by atoms with Crippen molar-refractivity contribution in [3.8, 4) is 17.4 Å². The maximum atomic E-state index is 12.1. The van der Waals surface area contributed by atoms with Gasteiger partial charge in [-0.05, 0) is 40.2 Å². The number of alkyl halides is 3. The number of anilines is 1. The first-order chi connectivity index (χ1) is 9.73. The zero-order valence-electron chi connectivity index (χ0n) is 10.1. The third-order valence-corrected chi connectivity index (χ3v) is 2.96. The summed E-state index contributed by atoms with van der Waals surface area (Å²) in [5, 5.41) is 0.140. The van der Waals surface area contributed by atoms with Gasteiger partial charge in [0.15, 0.2) is 0 Å². The van der Waals surface area contributed by atoms with Gasteiger partial charge in [-0.25, -0.2) is 4.98 Å². The van der Waals surface area contributed by atoms with Crippen LogP contribution < -0.4 is 15.2 Å². The lowest BCUT2D eigenvalue weighted by Gasteiger charge is -2.12. The first kappa shape index (κ1) is 15.7. The lowest BCUT2D eigenvalue weighted by molar-refractivity contribution is -0.274. The summed E-state index contributed by atoms with van der Waals surface area (Å²) < 4.78 is 45.7. The standard InChI is InChI=1S/C12H7BrClF3N2O2/c13-8-5-7(1-2-9(8)21-12(15,16)17)20-11-4-6(18)3-10(14)19-11/h1-5H,(H2,18,19). The van der Waals surface area contributed by atoms with Gasteiger partial charge in [0, 0.05) is 11.8 Å². The highest BCUT2D eigenvalue weighted by molar-refractivity contribution is 9.10. The molecule has 1 heterocycles. The van der Waals surface area contributed by atoms with Gasteiger partial charge in [-0.15, -0.1) is 13.2 Å². The summed E-state index contributed by atoms with van der Waals surface area (Å²) >= 11 is 8.69. The second kappa shape index (κ2) is 5.98. The lowest BCUT2D eigenvalue weighted by atomic mass is 10.3. The van der Waals surface area contributed by atoms with Gasteiger partial charge in [-0.3, -0.25) is 0 Å². The Bertz CT molecular complexity index is 647. The molecule has 0 aliphatic carbocycles. The molecule has 4 nitrogen and oxygen atoms in total. The third-order valence-electron chi connectivity index (χ3n) is 2.14. The number of nitrogen functional groups attached to an aromatic ring is 1. The predicted molar refractivity (Wildman–Crippen MR) is 74.6 cm³/mol. The fourth-order valence-corrected chi connectivity index (χ4v) is 2.07. The quantitative estimate of drug-likeness (QED) is 0.776. The number of hydrogen-bond donors (Lipinski definition) is 1. The van der Waals surface area contributed by atoms with Gasteiger partial charge in [0.25, 0.3) is 0 Å². The van der Waals surface area contributed by atoms with Crippen LogP contribution in [-0.4, -0.2) is 11.3 Å². The predicted octanol–water partition coefficient (Wildman–Crippen LogP) is 4.77. The van der Waals surface area contributed by atoms with Crippen molar-refractivity contribution in [1.82, 2.24) is 4.98 Å². The highest BCUT2D eigenvalue weighted by Crippen LogP contribution is 2.34. The minimum atomic E-state index is -4.77. The minimum Gasteiger partial charge on any atom is -0.439 e. The average Bonchev–Trinajstić information content (AvgIpc) is 2.30. The van der Waals surface area contributed by atoms with E-state index in [1.54, 1.807) is 0 Å². The Morgan fingerprint density at radius 2 is 1.90 bits per heavy atom. The van der Waals surface area contributed by atoms with Gasteiger partial charge in [0.1, 0.15) is 16.7 Å². The van der Waals surface area contributed by atoms with Crippen LogP contribution in [0.2, 0.25) is 5.15 Å². The van der Waals surface area contributed by atoms with Gasteiger partial charge in [-0.2, -0.15) is 0 Å². The van der Waals surface area contributed by atoms with Crippen LogP contribution in [-0.2, 0) is 0 Å². The maximum absolute atomic E-state index is 12.1. The summed E-state index contributed by atoms with van der Waals surface area (Å²) in [4.78, 5) is 3.88. The largest absolute Gasteiger partial charge is 0.573 e. The minimum absolute atomic E-state index is 0.0762. The molecule has 1 aromatic heterocycles. The zero-order valence-corrected chi connectivity index (χ0v) is 12.5. The van der Waals surface area contributed by atoms with Gasteiger partial charge < -0.3 is 15.2 Å². The van der Waals surface area contributed by atoms with E-state index in [2.05, 4.69) is 25.7 Å². The Balaban J connectivity index is 2.20. The molecule has 0 spiro atoms. The molecule has 1 aromatic carbocycles. The number of ether oxygens (including phenoxy) is 2. The molecule has 0 unspecified atom stereocenters. The van der Waals surface area contributed by atoms with Crippen molar-refractivity contribution in [1.29, 1.82) is 0 Å². The van der Waals surface area contributed by atoms with Crippen molar-refractivity contribution in [3.63, 3.8) is 0 Å². The van der Waals surface area contributed by atoms with E-state index in [0.717, 1.165) is 6.07 Å². The molecule has 0 saturated heterocycles. The van der Waals surface area contributed by atoms with E-state index >= 15 is 0 Å². The second-order valence-corrected chi connectivity index (χ2v) is 5.05. The molecule has 112 valence electrons. The van der Waals surface area contributed by atoms with Crippen LogP contribution in [0.4, 0.5) is 18.9 Å². The number of hydrogen-bond acceptors (Lipinski definition) is 4. The van der Waals surface area contributed by atoms with Crippen LogP contribution in [0.3, 0.4) is 0 Å². The van der Waals surface area contributed by atoms with Crippen molar-refractivity contribution >= 4 is 33.2 Å².